The van der Waals surface area contributed by atoms with Crippen LogP contribution in [0.2, 0.25) is 5.02 Å². The van der Waals surface area contributed by atoms with Gasteiger partial charge < -0.3 is 4.74 Å². The highest BCUT2D eigenvalue weighted by Crippen LogP contribution is 2.38. The molecular weight excluding hydrogens is 403 g/mol. The largest absolute Gasteiger partial charge is 0.487 e. The van der Waals surface area contributed by atoms with Gasteiger partial charge in [-0.25, -0.2) is 9.37 Å². The normalized spacial score (nSPS) is 12.5. The van der Waals surface area contributed by atoms with E-state index >= 15 is 0 Å². The second kappa shape index (κ2) is 8.92. The fraction of sp³-hybridized carbons (Fsp3) is 0.292. The lowest BCUT2D eigenvalue weighted by Gasteiger charge is -2.22. The van der Waals surface area contributed by atoms with Crippen LogP contribution in [0.15, 0.2) is 54.9 Å². The van der Waals surface area contributed by atoms with Gasteiger partial charge in [0, 0.05) is 23.4 Å². The van der Waals surface area contributed by atoms with Crippen molar-refractivity contribution >= 4 is 17.4 Å². The maximum absolute atomic E-state index is 14.9. The summed E-state index contributed by atoms with van der Waals surface area (Å²) in [7, 11) is 0. The average Bonchev–Trinajstić information content (AvgIpc) is 2.73. The minimum Gasteiger partial charge on any atom is -0.487 e. The molecule has 0 aliphatic carbocycles. The summed E-state index contributed by atoms with van der Waals surface area (Å²) in [4.78, 5) is 21.9. The summed E-state index contributed by atoms with van der Waals surface area (Å²) < 4.78 is 20.8. The monoisotopic (exact) mass is 426 g/mol. The van der Waals surface area contributed by atoms with E-state index in [0.717, 1.165) is 5.56 Å². The van der Waals surface area contributed by atoms with Gasteiger partial charge in [0.05, 0.1) is 16.6 Å². The molecule has 1 unspecified atom stereocenters. The van der Waals surface area contributed by atoms with Crippen LogP contribution in [0.5, 0.6) is 5.75 Å². The predicted octanol–water partition coefficient (Wildman–Crippen LogP) is 6.13. The maximum Gasteiger partial charge on any atom is 0.190 e. The number of hydrogen-bond acceptors (Lipinski definition) is 4. The number of halogens is 2. The number of Topliss-reactive ketones (excluding diaryl/α,β-unsaturated/α-hetero) is 1. The van der Waals surface area contributed by atoms with E-state index in [1.165, 1.54) is 18.3 Å². The molecule has 0 aliphatic rings. The van der Waals surface area contributed by atoms with Gasteiger partial charge in [0.1, 0.15) is 23.9 Å². The zero-order valence-electron chi connectivity index (χ0n) is 17.4. The molecule has 3 aromatic rings. The van der Waals surface area contributed by atoms with Crippen LogP contribution in [-0.4, -0.2) is 15.8 Å². The summed E-state index contributed by atoms with van der Waals surface area (Å²) in [5.41, 5.74) is 1.43. The highest BCUT2D eigenvalue weighted by atomic mass is 35.5. The minimum atomic E-state index is -0.854. The van der Waals surface area contributed by atoms with E-state index < -0.39 is 17.2 Å². The van der Waals surface area contributed by atoms with Gasteiger partial charge in [-0.15, -0.1) is 0 Å². The van der Waals surface area contributed by atoms with Crippen molar-refractivity contribution in [3.05, 3.63) is 88.2 Å². The number of rotatable bonds is 6. The minimum absolute atomic E-state index is 0.119. The molecule has 0 radical (unpaired) electrons. The predicted molar refractivity (Wildman–Crippen MR) is 116 cm³/mol. The Labute approximate surface area is 181 Å². The Morgan fingerprint density at radius 3 is 2.43 bits per heavy atom. The molecule has 0 fully saturated rings. The van der Waals surface area contributed by atoms with Gasteiger partial charge in [0.2, 0.25) is 0 Å². The van der Waals surface area contributed by atoms with Crippen molar-refractivity contribution in [2.45, 2.75) is 45.6 Å². The Balaban J connectivity index is 1.99. The first kappa shape index (κ1) is 21.9. The fourth-order valence-corrected chi connectivity index (χ4v) is 3.45. The first-order valence-corrected chi connectivity index (χ1v) is 10.1. The molecule has 0 N–H and O–H groups in total. The molecule has 0 aliphatic heterocycles. The Kier molecular flexibility index (Phi) is 6.52. The Hall–Kier alpha value is -2.79. The zero-order chi connectivity index (χ0) is 21.9. The lowest BCUT2D eigenvalue weighted by molar-refractivity contribution is 0.0954. The van der Waals surface area contributed by atoms with Crippen LogP contribution >= 0.6 is 11.6 Å². The van der Waals surface area contributed by atoms with Crippen LogP contribution in [0, 0.1) is 5.82 Å². The summed E-state index contributed by atoms with van der Waals surface area (Å²) in [6.45, 7) is 7.69. The number of ether oxygens (including phenoxy) is 1. The average molecular weight is 427 g/mol. The summed E-state index contributed by atoms with van der Waals surface area (Å²) in [6, 6.07) is 12.2. The summed E-state index contributed by atoms with van der Waals surface area (Å²) >= 11 is 6.34. The zero-order valence-corrected chi connectivity index (χ0v) is 18.2. The van der Waals surface area contributed by atoms with E-state index in [4.69, 9.17) is 16.3 Å². The molecule has 30 heavy (non-hydrogen) atoms. The second-order valence-electron chi connectivity index (χ2n) is 8.14. The first-order valence-electron chi connectivity index (χ1n) is 9.70. The van der Waals surface area contributed by atoms with Crippen molar-refractivity contribution < 1.29 is 13.9 Å². The number of carbonyl (C=O) groups excluding carboxylic acids is 1. The van der Waals surface area contributed by atoms with E-state index in [-0.39, 0.29) is 34.4 Å². The maximum atomic E-state index is 14.9. The van der Waals surface area contributed by atoms with Gasteiger partial charge >= 0.3 is 0 Å². The van der Waals surface area contributed by atoms with Gasteiger partial charge in [-0.3, -0.25) is 9.78 Å². The molecule has 0 bridgehead atoms. The third-order valence-corrected chi connectivity index (χ3v) is 5.09. The van der Waals surface area contributed by atoms with Crippen LogP contribution < -0.4 is 4.74 Å². The van der Waals surface area contributed by atoms with Gasteiger partial charge in [-0.1, -0.05) is 69.6 Å². The topological polar surface area (TPSA) is 52.1 Å². The highest BCUT2D eigenvalue weighted by Gasteiger charge is 2.31. The fourth-order valence-electron chi connectivity index (χ4n) is 3.23. The summed E-state index contributed by atoms with van der Waals surface area (Å²) in [5.74, 6) is -1.57. The van der Waals surface area contributed by atoms with E-state index in [9.17, 15) is 9.18 Å². The molecule has 0 saturated carbocycles. The molecule has 156 valence electrons. The smallest absolute Gasteiger partial charge is 0.190 e. The molecule has 0 spiro atoms. The molecule has 1 aromatic heterocycles. The van der Waals surface area contributed by atoms with Gasteiger partial charge in [-0.2, -0.15) is 0 Å². The van der Waals surface area contributed by atoms with E-state index in [0.29, 0.717) is 5.69 Å². The molecule has 1 heterocycles. The van der Waals surface area contributed by atoms with Crippen molar-refractivity contribution in [1.29, 1.82) is 0 Å². The van der Waals surface area contributed by atoms with Crippen molar-refractivity contribution in [2.75, 3.05) is 0 Å². The van der Waals surface area contributed by atoms with Gasteiger partial charge in [0.15, 0.2) is 5.78 Å². The SMILES string of the molecule is CC(C(=O)c1nccnc1C(C)(C)C)c1c(F)ccc(Cl)c1OCc1ccccc1. The number of hydrogen-bond donors (Lipinski definition) is 0. The van der Waals surface area contributed by atoms with E-state index in [1.807, 2.05) is 51.1 Å². The van der Waals surface area contributed by atoms with Crippen molar-refractivity contribution in [1.82, 2.24) is 9.97 Å². The van der Waals surface area contributed by atoms with Crippen LogP contribution in [-0.2, 0) is 12.0 Å². The van der Waals surface area contributed by atoms with Crippen molar-refractivity contribution in [3.63, 3.8) is 0 Å². The highest BCUT2D eigenvalue weighted by molar-refractivity contribution is 6.32. The Morgan fingerprint density at radius 2 is 1.77 bits per heavy atom. The molecular formula is C24H24ClFN2O2. The summed E-state index contributed by atoms with van der Waals surface area (Å²) in [5, 5.41) is 0.247. The standard InChI is InChI=1S/C24H24ClFN2O2/c1-15(21(29)20-23(24(2,3)4)28-13-12-27-20)19-18(26)11-10-17(25)22(19)30-14-16-8-6-5-7-9-16/h5-13,15H,14H2,1-4H3. The Morgan fingerprint density at radius 1 is 1.10 bits per heavy atom. The molecule has 0 amide bonds. The number of nitrogens with zero attached hydrogens (tertiary/aromatic N) is 2. The number of benzene rings is 2. The van der Waals surface area contributed by atoms with Crippen LogP contribution in [0.1, 0.15) is 60.9 Å². The molecule has 1 atom stereocenters. The van der Waals surface area contributed by atoms with Gasteiger partial charge in [-0.05, 0) is 17.7 Å². The first-order chi connectivity index (χ1) is 14.2. The number of carbonyl (C=O) groups is 1. The van der Waals surface area contributed by atoms with Crippen molar-refractivity contribution in [2.24, 2.45) is 0 Å². The van der Waals surface area contributed by atoms with E-state index in [1.54, 1.807) is 13.1 Å². The van der Waals surface area contributed by atoms with Crippen molar-refractivity contribution in [3.8, 4) is 5.75 Å². The Bertz CT molecular complexity index is 1050. The van der Waals surface area contributed by atoms with E-state index in [2.05, 4.69) is 9.97 Å². The van der Waals surface area contributed by atoms with Crippen LogP contribution in [0.25, 0.3) is 0 Å². The molecule has 2 aromatic carbocycles. The second-order valence-corrected chi connectivity index (χ2v) is 8.54. The number of aromatic nitrogens is 2. The quantitative estimate of drug-likeness (QED) is 0.445. The van der Waals surface area contributed by atoms with Crippen LogP contribution in [0.3, 0.4) is 0 Å². The molecule has 0 saturated heterocycles. The van der Waals surface area contributed by atoms with Gasteiger partial charge in [0.25, 0.3) is 0 Å². The van der Waals surface area contributed by atoms with Crippen LogP contribution in [0.4, 0.5) is 4.39 Å². The lowest BCUT2D eigenvalue weighted by Crippen LogP contribution is -2.23. The lowest BCUT2D eigenvalue weighted by atomic mass is 9.85. The summed E-state index contributed by atoms with van der Waals surface area (Å²) in [6.07, 6.45) is 3.02. The number of ketones is 1. The third kappa shape index (κ3) is 4.68. The molecule has 3 rings (SSSR count). The third-order valence-electron chi connectivity index (χ3n) is 4.79. The molecule has 4 nitrogen and oxygen atoms in total. The molecule has 6 heteroatoms.